The van der Waals surface area contributed by atoms with Gasteiger partial charge in [-0.3, -0.25) is 9.59 Å². The predicted octanol–water partition coefficient (Wildman–Crippen LogP) is 4.21. The molecule has 4 aromatic rings. The van der Waals surface area contributed by atoms with E-state index in [1.54, 1.807) is 23.3 Å². The van der Waals surface area contributed by atoms with Crippen LogP contribution in [0.25, 0.3) is 5.69 Å². The van der Waals surface area contributed by atoms with Crippen LogP contribution < -0.4 is 10.6 Å². The van der Waals surface area contributed by atoms with Gasteiger partial charge in [-0.15, -0.1) is 0 Å². The van der Waals surface area contributed by atoms with Crippen molar-refractivity contribution in [2.45, 2.75) is 63.3 Å². The van der Waals surface area contributed by atoms with E-state index in [4.69, 9.17) is 4.42 Å². The maximum Gasteiger partial charge on any atom is 0.254 e. The average molecular weight is 568 g/mol. The van der Waals surface area contributed by atoms with Gasteiger partial charge in [0.25, 0.3) is 11.8 Å². The lowest BCUT2D eigenvalue weighted by Gasteiger charge is -2.29. The molecule has 4 heterocycles. The number of likely N-dealkylation sites (tertiary alicyclic amines) is 1. The van der Waals surface area contributed by atoms with Crippen molar-refractivity contribution in [1.82, 2.24) is 25.1 Å². The number of amides is 2. The lowest BCUT2D eigenvalue weighted by atomic mass is 9.95. The van der Waals surface area contributed by atoms with Crippen LogP contribution in [0.15, 0.2) is 83.7 Å². The van der Waals surface area contributed by atoms with E-state index >= 15 is 0 Å². The molecule has 2 amide bonds. The minimum atomic E-state index is -0.764. The molecule has 218 valence electrons. The molecule has 2 saturated heterocycles. The molecule has 2 aliphatic rings. The van der Waals surface area contributed by atoms with Crippen molar-refractivity contribution >= 4 is 11.8 Å². The van der Waals surface area contributed by atoms with Gasteiger partial charge in [0.15, 0.2) is 0 Å². The maximum absolute atomic E-state index is 13.9. The summed E-state index contributed by atoms with van der Waals surface area (Å²) >= 11 is 0. The van der Waals surface area contributed by atoms with E-state index in [9.17, 15) is 14.7 Å². The van der Waals surface area contributed by atoms with Crippen LogP contribution in [0.4, 0.5) is 0 Å². The van der Waals surface area contributed by atoms with Crippen LogP contribution >= 0.6 is 0 Å². The average Bonchev–Trinajstić information content (AvgIpc) is 3.84. The standard InChI is InChI=1S/C33H37N5O4/c1-22-21-42-32(35-22)29-12-8-16-38(29)33(41)25-18-24(19-26(20-25)37-14-5-6-15-37)31(40)36-28(17-23-9-3-2-4-10-23)30(39)27-11-7-13-34-27/h2-6,9-10,14-15,18-21,27-30,34,39H,7-8,11-13,16-17H2,1H3,(H,36,40)/t27-,28+,29-,30-/m1/s1. The van der Waals surface area contributed by atoms with Crippen molar-refractivity contribution in [2.75, 3.05) is 13.1 Å². The summed E-state index contributed by atoms with van der Waals surface area (Å²) in [5, 5.41) is 17.8. The number of hydrogen-bond donors (Lipinski definition) is 3. The second-order valence-corrected chi connectivity index (χ2v) is 11.3. The molecule has 0 bridgehead atoms. The number of nitrogens with one attached hydrogen (secondary N) is 2. The van der Waals surface area contributed by atoms with Crippen LogP contribution in [0.2, 0.25) is 0 Å². The van der Waals surface area contributed by atoms with Gasteiger partial charge in [0.05, 0.1) is 17.8 Å². The van der Waals surface area contributed by atoms with E-state index < -0.39 is 12.1 Å². The first-order valence-electron chi connectivity index (χ1n) is 14.7. The van der Waals surface area contributed by atoms with Crippen LogP contribution in [-0.4, -0.2) is 62.6 Å². The predicted molar refractivity (Wildman–Crippen MR) is 158 cm³/mol. The summed E-state index contributed by atoms with van der Waals surface area (Å²) in [5.74, 6) is 0.0286. The van der Waals surface area contributed by atoms with Crippen molar-refractivity contribution in [3.63, 3.8) is 0 Å². The van der Waals surface area contributed by atoms with Gasteiger partial charge in [0.2, 0.25) is 5.89 Å². The Bertz CT molecular complexity index is 1510. The van der Waals surface area contributed by atoms with Crippen LogP contribution in [0.5, 0.6) is 0 Å². The highest BCUT2D eigenvalue weighted by Crippen LogP contribution is 2.33. The SMILES string of the molecule is Cc1coc([C@H]2CCCN2C(=O)c2cc(C(=O)N[C@@H](Cc3ccccc3)[C@H](O)[C@H]3CCCN3)cc(-n3cccc3)c2)n1. The highest BCUT2D eigenvalue weighted by molar-refractivity contribution is 6.01. The van der Waals surface area contributed by atoms with Crippen molar-refractivity contribution in [1.29, 1.82) is 0 Å². The number of aliphatic hydroxyl groups is 1. The van der Waals surface area contributed by atoms with Crippen LogP contribution in [0.3, 0.4) is 0 Å². The van der Waals surface area contributed by atoms with E-state index in [1.165, 1.54) is 0 Å². The first kappa shape index (κ1) is 27.9. The van der Waals surface area contributed by atoms with Gasteiger partial charge >= 0.3 is 0 Å². The molecule has 42 heavy (non-hydrogen) atoms. The zero-order valence-corrected chi connectivity index (χ0v) is 23.8. The summed E-state index contributed by atoms with van der Waals surface area (Å²) in [5.41, 5.74) is 3.28. The Morgan fingerprint density at radius 1 is 1.07 bits per heavy atom. The fourth-order valence-electron chi connectivity index (χ4n) is 6.14. The molecule has 2 fully saturated rings. The Balaban J connectivity index is 1.30. The largest absolute Gasteiger partial charge is 0.446 e. The van der Waals surface area contributed by atoms with Crippen LogP contribution in [0, 0.1) is 6.92 Å². The number of oxazole rings is 1. The number of hydrogen-bond acceptors (Lipinski definition) is 6. The minimum absolute atomic E-state index is 0.0895. The van der Waals surface area contributed by atoms with Gasteiger partial charge in [-0.2, -0.15) is 0 Å². The Labute approximate surface area is 245 Å². The summed E-state index contributed by atoms with van der Waals surface area (Å²) in [7, 11) is 0. The van der Waals surface area contributed by atoms with E-state index in [2.05, 4.69) is 15.6 Å². The third kappa shape index (κ3) is 6.03. The number of nitrogens with zero attached hydrogens (tertiary/aromatic N) is 3. The van der Waals surface area contributed by atoms with Crippen LogP contribution in [0.1, 0.15) is 69.6 Å². The molecule has 2 aromatic heterocycles. The van der Waals surface area contributed by atoms with Gasteiger partial charge in [-0.05, 0) is 81.5 Å². The first-order valence-corrected chi connectivity index (χ1v) is 14.7. The van der Waals surface area contributed by atoms with Gasteiger partial charge in [-0.1, -0.05) is 30.3 Å². The lowest BCUT2D eigenvalue weighted by molar-refractivity contribution is 0.0715. The van der Waals surface area contributed by atoms with Crippen molar-refractivity contribution in [3.8, 4) is 5.69 Å². The summed E-state index contributed by atoms with van der Waals surface area (Å²) in [6.45, 7) is 3.30. The topological polar surface area (TPSA) is 113 Å². The summed E-state index contributed by atoms with van der Waals surface area (Å²) < 4.78 is 7.54. The molecule has 0 radical (unpaired) electrons. The molecular weight excluding hydrogens is 530 g/mol. The Morgan fingerprint density at radius 3 is 2.57 bits per heavy atom. The molecule has 9 nitrogen and oxygen atoms in total. The normalized spacial score (nSPS) is 20.0. The quantitative estimate of drug-likeness (QED) is 0.279. The lowest BCUT2D eigenvalue weighted by Crippen LogP contribution is -2.52. The smallest absolute Gasteiger partial charge is 0.254 e. The highest BCUT2D eigenvalue weighted by Gasteiger charge is 2.35. The molecule has 0 aliphatic carbocycles. The number of aromatic nitrogens is 2. The fraction of sp³-hybridized carbons (Fsp3) is 0.364. The molecule has 3 N–H and O–H groups in total. The summed E-state index contributed by atoms with van der Waals surface area (Å²) in [4.78, 5) is 34.1. The maximum atomic E-state index is 13.9. The monoisotopic (exact) mass is 567 g/mol. The molecule has 6 rings (SSSR count). The van der Waals surface area contributed by atoms with Crippen molar-refractivity contribution in [3.05, 3.63) is 108 Å². The van der Waals surface area contributed by atoms with Gasteiger partial charge in [-0.25, -0.2) is 4.98 Å². The van der Waals surface area contributed by atoms with Crippen LogP contribution in [-0.2, 0) is 6.42 Å². The van der Waals surface area contributed by atoms with E-state index in [0.717, 1.165) is 43.5 Å². The molecule has 4 atom stereocenters. The van der Waals surface area contributed by atoms with Gasteiger partial charge < -0.3 is 29.6 Å². The van der Waals surface area contributed by atoms with Gasteiger partial charge in [0, 0.05) is 41.8 Å². The van der Waals surface area contributed by atoms with E-state index in [1.807, 2.05) is 72.4 Å². The summed E-state index contributed by atoms with van der Waals surface area (Å²) in [6, 6.07) is 18.1. The number of carbonyl (C=O) groups excluding carboxylic acids is 2. The molecule has 2 aliphatic heterocycles. The fourth-order valence-corrected chi connectivity index (χ4v) is 6.14. The van der Waals surface area contributed by atoms with Crippen molar-refractivity contribution < 1.29 is 19.1 Å². The summed E-state index contributed by atoms with van der Waals surface area (Å²) in [6.07, 6.45) is 8.54. The van der Waals surface area contributed by atoms with E-state index in [-0.39, 0.29) is 23.9 Å². The number of benzene rings is 2. The zero-order valence-electron chi connectivity index (χ0n) is 23.8. The number of carbonyl (C=O) groups is 2. The number of aliphatic hydroxyl groups excluding tert-OH is 1. The second kappa shape index (κ2) is 12.3. The molecule has 2 aromatic carbocycles. The Hall–Kier alpha value is -4.21. The molecular formula is C33H37N5O4. The first-order chi connectivity index (χ1) is 20.5. The third-order valence-corrected chi connectivity index (χ3v) is 8.30. The molecule has 0 saturated carbocycles. The number of aryl methyl sites for hydroxylation is 1. The zero-order chi connectivity index (χ0) is 29.1. The van der Waals surface area contributed by atoms with Crippen molar-refractivity contribution in [2.24, 2.45) is 0 Å². The Kier molecular flexibility index (Phi) is 8.21. The minimum Gasteiger partial charge on any atom is -0.446 e. The van der Waals surface area contributed by atoms with Gasteiger partial charge in [0.1, 0.15) is 12.3 Å². The number of rotatable bonds is 9. The second-order valence-electron chi connectivity index (χ2n) is 11.3. The Morgan fingerprint density at radius 2 is 1.86 bits per heavy atom. The molecule has 9 heteroatoms. The molecule has 0 unspecified atom stereocenters. The third-order valence-electron chi connectivity index (χ3n) is 8.30. The highest BCUT2D eigenvalue weighted by atomic mass is 16.3. The molecule has 0 spiro atoms. The van der Waals surface area contributed by atoms with E-state index in [0.29, 0.717) is 35.7 Å².